The second-order valence-electron chi connectivity index (χ2n) is 4.08. The van der Waals surface area contributed by atoms with Crippen LogP contribution in [0.5, 0.6) is 0 Å². The van der Waals surface area contributed by atoms with E-state index >= 15 is 0 Å². The highest BCUT2D eigenvalue weighted by molar-refractivity contribution is 6.30. The fraction of sp³-hybridized carbons (Fsp3) is 0.333. The zero-order chi connectivity index (χ0) is 13.1. The van der Waals surface area contributed by atoms with Crippen molar-refractivity contribution in [2.24, 2.45) is 0 Å². The standard InChI is InChI=1S/C12H14ClFN4/c1-2-3-11-12(15)16-17-18(11)7-8-4-5-9(13)10(14)6-8/h4-6H,2-3,7,15H2,1H3. The van der Waals surface area contributed by atoms with Crippen LogP contribution in [-0.4, -0.2) is 15.0 Å². The third kappa shape index (κ3) is 2.61. The van der Waals surface area contributed by atoms with Gasteiger partial charge in [-0.3, -0.25) is 0 Å². The van der Waals surface area contributed by atoms with E-state index in [0.29, 0.717) is 12.4 Å². The SMILES string of the molecule is CCCc1c(N)nnn1Cc1ccc(Cl)c(F)c1. The Bertz CT molecular complexity index is 553. The van der Waals surface area contributed by atoms with Crippen LogP contribution in [0.2, 0.25) is 5.02 Å². The summed E-state index contributed by atoms with van der Waals surface area (Å²) < 4.78 is 15.0. The second kappa shape index (κ2) is 5.35. The molecule has 0 unspecified atom stereocenters. The lowest BCUT2D eigenvalue weighted by molar-refractivity contribution is 0.599. The lowest BCUT2D eigenvalue weighted by Crippen LogP contribution is -2.07. The van der Waals surface area contributed by atoms with Crippen molar-refractivity contribution in [2.75, 3.05) is 5.73 Å². The van der Waals surface area contributed by atoms with Gasteiger partial charge in [-0.15, -0.1) is 5.10 Å². The van der Waals surface area contributed by atoms with E-state index in [9.17, 15) is 4.39 Å². The Morgan fingerprint density at radius 1 is 1.44 bits per heavy atom. The van der Waals surface area contributed by atoms with E-state index < -0.39 is 5.82 Å². The highest BCUT2D eigenvalue weighted by Crippen LogP contribution is 2.17. The maximum atomic E-state index is 13.3. The van der Waals surface area contributed by atoms with Crippen LogP contribution in [-0.2, 0) is 13.0 Å². The van der Waals surface area contributed by atoms with E-state index in [1.165, 1.54) is 12.1 Å². The smallest absolute Gasteiger partial charge is 0.169 e. The van der Waals surface area contributed by atoms with Crippen molar-refractivity contribution in [3.63, 3.8) is 0 Å². The van der Waals surface area contributed by atoms with Gasteiger partial charge in [0, 0.05) is 0 Å². The molecule has 96 valence electrons. The molecule has 0 saturated carbocycles. The predicted octanol–water partition coefficient (Wildman–Crippen LogP) is 2.65. The number of hydrogen-bond acceptors (Lipinski definition) is 3. The highest BCUT2D eigenvalue weighted by atomic mass is 35.5. The van der Waals surface area contributed by atoms with Crippen molar-refractivity contribution >= 4 is 17.4 Å². The van der Waals surface area contributed by atoms with Gasteiger partial charge in [0.1, 0.15) is 5.82 Å². The van der Waals surface area contributed by atoms with E-state index in [1.807, 2.05) is 0 Å². The van der Waals surface area contributed by atoms with Crippen LogP contribution < -0.4 is 5.73 Å². The molecule has 18 heavy (non-hydrogen) atoms. The van der Waals surface area contributed by atoms with Crippen molar-refractivity contribution in [2.45, 2.75) is 26.3 Å². The summed E-state index contributed by atoms with van der Waals surface area (Å²) in [5, 5.41) is 7.93. The van der Waals surface area contributed by atoms with Crippen LogP contribution in [0.3, 0.4) is 0 Å². The molecule has 0 saturated heterocycles. The third-order valence-corrected chi connectivity index (χ3v) is 2.98. The normalized spacial score (nSPS) is 10.8. The zero-order valence-corrected chi connectivity index (χ0v) is 10.8. The third-order valence-electron chi connectivity index (χ3n) is 2.67. The van der Waals surface area contributed by atoms with Gasteiger partial charge in [-0.1, -0.05) is 36.2 Å². The Labute approximate surface area is 110 Å². The summed E-state index contributed by atoms with van der Waals surface area (Å²) >= 11 is 5.64. The van der Waals surface area contributed by atoms with Crippen LogP contribution in [0.1, 0.15) is 24.6 Å². The Hall–Kier alpha value is -1.62. The summed E-state index contributed by atoms with van der Waals surface area (Å²) in [6.45, 7) is 2.49. The minimum absolute atomic E-state index is 0.116. The number of rotatable bonds is 4. The average molecular weight is 269 g/mol. The maximum absolute atomic E-state index is 13.3. The lowest BCUT2D eigenvalue weighted by atomic mass is 10.2. The maximum Gasteiger partial charge on any atom is 0.169 e. The number of benzene rings is 1. The molecule has 0 aliphatic rings. The summed E-state index contributed by atoms with van der Waals surface area (Å²) in [5.41, 5.74) is 7.40. The molecule has 1 heterocycles. The Kier molecular flexibility index (Phi) is 3.81. The Morgan fingerprint density at radius 2 is 2.22 bits per heavy atom. The molecule has 0 bridgehead atoms. The monoisotopic (exact) mass is 268 g/mol. The van der Waals surface area contributed by atoms with Crippen LogP contribution >= 0.6 is 11.6 Å². The van der Waals surface area contributed by atoms with E-state index in [2.05, 4.69) is 17.2 Å². The molecule has 2 N–H and O–H groups in total. The molecule has 1 aromatic carbocycles. The average Bonchev–Trinajstić information content (AvgIpc) is 2.67. The van der Waals surface area contributed by atoms with Gasteiger partial charge in [0.05, 0.1) is 17.3 Å². The highest BCUT2D eigenvalue weighted by Gasteiger charge is 2.10. The molecular weight excluding hydrogens is 255 g/mol. The first-order valence-corrected chi connectivity index (χ1v) is 6.11. The number of hydrogen-bond donors (Lipinski definition) is 1. The molecule has 2 rings (SSSR count). The molecule has 0 aliphatic heterocycles. The number of anilines is 1. The fourth-order valence-corrected chi connectivity index (χ4v) is 1.90. The topological polar surface area (TPSA) is 56.7 Å². The van der Waals surface area contributed by atoms with E-state index in [1.54, 1.807) is 10.7 Å². The molecule has 6 heteroatoms. The van der Waals surface area contributed by atoms with Crippen LogP contribution in [0.15, 0.2) is 18.2 Å². The number of nitrogen functional groups attached to an aromatic ring is 1. The lowest BCUT2D eigenvalue weighted by Gasteiger charge is -2.06. The summed E-state index contributed by atoms with van der Waals surface area (Å²) in [4.78, 5) is 0. The van der Waals surface area contributed by atoms with Crippen LogP contribution in [0, 0.1) is 5.82 Å². The van der Waals surface area contributed by atoms with Crippen molar-refractivity contribution in [1.29, 1.82) is 0 Å². The molecule has 0 spiro atoms. The van der Waals surface area contributed by atoms with Crippen molar-refractivity contribution in [3.05, 3.63) is 40.3 Å². The fourth-order valence-electron chi connectivity index (χ4n) is 1.78. The van der Waals surface area contributed by atoms with E-state index in [-0.39, 0.29) is 5.02 Å². The van der Waals surface area contributed by atoms with Gasteiger partial charge in [-0.2, -0.15) is 0 Å². The van der Waals surface area contributed by atoms with Gasteiger partial charge in [0.15, 0.2) is 5.82 Å². The Morgan fingerprint density at radius 3 is 2.89 bits per heavy atom. The predicted molar refractivity (Wildman–Crippen MR) is 68.9 cm³/mol. The van der Waals surface area contributed by atoms with Gasteiger partial charge < -0.3 is 5.73 Å². The first-order valence-electron chi connectivity index (χ1n) is 5.73. The summed E-state index contributed by atoms with van der Waals surface area (Å²) in [5.74, 6) is 0.00517. The molecule has 0 amide bonds. The minimum atomic E-state index is -0.431. The second-order valence-corrected chi connectivity index (χ2v) is 4.48. The summed E-state index contributed by atoms with van der Waals surface area (Å²) in [6, 6.07) is 4.70. The molecule has 0 atom stereocenters. The quantitative estimate of drug-likeness (QED) is 0.927. The first-order chi connectivity index (χ1) is 8.61. The molecule has 4 nitrogen and oxygen atoms in total. The largest absolute Gasteiger partial charge is 0.381 e. The zero-order valence-electron chi connectivity index (χ0n) is 10.0. The van der Waals surface area contributed by atoms with Gasteiger partial charge in [0.25, 0.3) is 0 Å². The number of aromatic nitrogens is 3. The molecule has 1 aromatic heterocycles. The summed E-state index contributed by atoms with van der Waals surface area (Å²) in [6.07, 6.45) is 1.75. The molecule has 0 radical (unpaired) electrons. The van der Waals surface area contributed by atoms with Gasteiger partial charge in [-0.05, 0) is 24.1 Å². The van der Waals surface area contributed by atoms with Crippen LogP contribution in [0.4, 0.5) is 10.2 Å². The number of nitrogens with two attached hydrogens (primary N) is 1. The van der Waals surface area contributed by atoms with E-state index in [4.69, 9.17) is 17.3 Å². The van der Waals surface area contributed by atoms with Crippen molar-refractivity contribution < 1.29 is 4.39 Å². The Balaban J connectivity index is 2.25. The molecule has 0 aliphatic carbocycles. The van der Waals surface area contributed by atoms with Crippen molar-refractivity contribution in [3.8, 4) is 0 Å². The number of halogens is 2. The first kappa shape index (κ1) is 12.8. The molecule has 2 aromatic rings. The van der Waals surface area contributed by atoms with Gasteiger partial charge in [0.2, 0.25) is 0 Å². The van der Waals surface area contributed by atoms with E-state index in [0.717, 1.165) is 24.1 Å². The van der Waals surface area contributed by atoms with Gasteiger partial charge >= 0.3 is 0 Å². The molecule has 0 fully saturated rings. The minimum Gasteiger partial charge on any atom is -0.381 e. The van der Waals surface area contributed by atoms with Crippen molar-refractivity contribution in [1.82, 2.24) is 15.0 Å². The molecular formula is C12H14ClFN4. The van der Waals surface area contributed by atoms with Gasteiger partial charge in [-0.25, -0.2) is 9.07 Å². The van der Waals surface area contributed by atoms with Crippen LogP contribution in [0.25, 0.3) is 0 Å². The number of nitrogens with zero attached hydrogens (tertiary/aromatic N) is 3. The summed E-state index contributed by atoms with van der Waals surface area (Å²) in [7, 11) is 0.